The lowest BCUT2D eigenvalue weighted by atomic mass is 9.94. The van der Waals surface area contributed by atoms with E-state index in [0.29, 0.717) is 12.8 Å². The zero-order chi connectivity index (χ0) is 20.4. The zero-order valence-electron chi connectivity index (χ0n) is 14.3. The van der Waals surface area contributed by atoms with Gasteiger partial charge in [0.15, 0.2) is 6.10 Å². The number of hydrogen-bond donors (Lipinski definition) is 1. The Balaban J connectivity index is 2.44. The van der Waals surface area contributed by atoms with Crippen LogP contribution in [-0.4, -0.2) is 34.8 Å². The molecule has 0 radical (unpaired) electrons. The van der Waals surface area contributed by atoms with Crippen LogP contribution in [0.15, 0.2) is 18.2 Å². The standard InChI is InChI=1S/C18H17ClF3NO4/c1-3-15(24)23(17(16(25)26)8-4-5-9-17)12-6-7-14(13(19)10-12)27-11(2)18(20,21)22/h1,6-7,10-11H,4-5,8-9H2,2H3,(H,25,26)/t11-/m0/s1. The number of amides is 1. The first-order valence-electron chi connectivity index (χ1n) is 8.10. The van der Waals surface area contributed by atoms with Crippen LogP contribution in [0.25, 0.3) is 0 Å². The Kier molecular flexibility index (Phi) is 5.95. The third-order valence-corrected chi connectivity index (χ3v) is 4.82. The summed E-state index contributed by atoms with van der Waals surface area (Å²) in [6, 6.07) is 3.60. The van der Waals surface area contributed by atoms with Crippen LogP contribution in [0, 0.1) is 12.3 Å². The summed E-state index contributed by atoms with van der Waals surface area (Å²) < 4.78 is 42.8. The minimum Gasteiger partial charge on any atom is -0.480 e. The van der Waals surface area contributed by atoms with E-state index in [1.807, 2.05) is 5.92 Å². The number of benzene rings is 1. The number of rotatable bonds is 5. The van der Waals surface area contributed by atoms with E-state index in [9.17, 15) is 27.9 Å². The van der Waals surface area contributed by atoms with Gasteiger partial charge in [-0.2, -0.15) is 13.2 Å². The van der Waals surface area contributed by atoms with Crippen molar-refractivity contribution >= 4 is 29.2 Å². The van der Waals surface area contributed by atoms with Crippen molar-refractivity contribution in [2.24, 2.45) is 0 Å². The fourth-order valence-corrected chi connectivity index (χ4v) is 3.32. The van der Waals surface area contributed by atoms with Gasteiger partial charge in [-0.1, -0.05) is 24.4 Å². The Labute approximate surface area is 159 Å². The Bertz CT molecular complexity index is 782. The Morgan fingerprint density at radius 1 is 1.37 bits per heavy atom. The highest BCUT2D eigenvalue weighted by Gasteiger charge is 2.49. The molecule has 0 spiro atoms. The van der Waals surface area contributed by atoms with E-state index in [0.717, 1.165) is 17.9 Å². The van der Waals surface area contributed by atoms with Gasteiger partial charge >= 0.3 is 18.1 Å². The molecule has 1 atom stereocenters. The fourth-order valence-electron chi connectivity index (χ4n) is 3.10. The number of hydrogen-bond acceptors (Lipinski definition) is 3. The second-order valence-corrected chi connectivity index (χ2v) is 6.65. The first-order chi connectivity index (χ1) is 12.5. The van der Waals surface area contributed by atoms with Gasteiger partial charge < -0.3 is 9.84 Å². The number of aliphatic carboxylic acids is 1. The molecule has 1 aliphatic carbocycles. The Morgan fingerprint density at radius 3 is 2.41 bits per heavy atom. The van der Waals surface area contributed by atoms with Gasteiger partial charge in [-0.3, -0.25) is 9.69 Å². The summed E-state index contributed by atoms with van der Waals surface area (Å²) in [5.74, 6) is -0.406. The molecule has 9 heteroatoms. The lowest BCUT2D eigenvalue weighted by Gasteiger charge is -2.36. The number of ether oxygens (including phenoxy) is 1. The maximum Gasteiger partial charge on any atom is 0.425 e. The van der Waals surface area contributed by atoms with E-state index in [1.165, 1.54) is 12.1 Å². The maximum atomic E-state index is 12.7. The van der Waals surface area contributed by atoms with Gasteiger partial charge in [0, 0.05) is 5.69 Å². The van der Waals surface area contributed by atoms with E-state index in [2.05, 4.69) is 0 Å². The van der Waals surface area contributed by atoms with Crippen molar-refractivity contribution < 1.29 is 32.6 Å². The Hall–Kier alpha value is -2.40. The van der Waals surface area contributed by atoms with Crippen molar-refractivity contribution in [1.29, 1.82) is 0 Å². The first-order valence-corrected chi connectivity index (χ1v) is 8.48. The van der Waals surface area contributed by atoms with Crippen LogP contribution >= 0.6 is 11.6 Å². The van der Waals surface area contributed by atoms with Crippen molar-refractivity contribution in [2.45, 2.75) is 50.4 Å². The largest absolute Gasteiger partial charge is 0.480 e. The molecule has 0 bridgehead atoms. The first kappa shape index (κ1) is 20.9. The van der Waals surface area contributed by atoms with Gasteiger partial charge in [0.25, 0.3) is 0 Å². The van der Waals surface area contributed by atoms with Crippen LogP contribution in [0.1, 0.15) is 32.6 Å². The minimum absolute atomic E-state index is 0.0826. The third kappa shape index (κ3) is 4.14. The quantitative estimate of drug-likeness (QED) is 0.754. The SMILES string of the molecule is C#CC(=O)N(c1ccc(O[C@@H](C)C(F)(F)F)c(Cl)c1)C1(C(=O)O)CCCC1. The van der Waals surface area contributed by atoms with Crippen molar-refractivity contribution in [3.63, 3.8) is 0 Å². The highest BCUT2D eigenvalue weighted by atomic mass is 35.5. The molecule has 0 aromatic heterocycles. The predicted octanol–water partition coefficient (Wildman–Crippen LogP) is 4.03. The Morgan fingerprint density at radius 2 is 1.96 bits per heavy atom. The molecule has 1 N–H and O–H groups in total. The molecule has 1 aliphatic rings. The minimum atomic E-state index is -4.58. The van der Waals surface area contributed by atoms with Crippen LogP contribution in [0.4, 0.5) is 18.9 Å². The number of carboxylic acid groups (broad SMARTS) is 1. The highest BCUT2D eigenvalue weighted by Crippen LogP contribution is 2.41. The normalized spacial score (nSPS) is 17.0. The number of carboxylic acids is 1. The molecular weight excluding hydrogens is 387 g/mol. The molecule has 1 saturated carbocycles. The van der Waals surface area contributed by atoms with Crippen LogP contribution in [0.3, 0.4) is 0 Å². The van der Waals surface area contributed by atoms with Crippen molar-refractivity contribution in [2.75, 3.05) is 4.90 Å². The lowest BCUT2D eigenvalue weighted by Crippen LogP contribution is -2.55. The van der Waals surface area contributed by atoms with E-state index in [1.54, 1.807) is 0 Å². The second-order valence-electron chi connectivity index (χ2n) is 6.25. The van der Waals surface area contributed by atoms with Gasteiger partial charge in [-0.25, -0.2) is 4.79 Å². The van der Waals surface area contributed by atoms with E-state index in [-0.39, 0.29) is 29.3 Å². The number of carbonyl (C=O) groups excluding carboxylic acids is 1. The number of terminal acetylenes is 1. The summed E-state index contributed by atoms with van der Waals surface area (Å²) in [6.07, 6.45) is 0.132. The smallest absolute Gasteiger partial charge is 0.425 e. The molecule has 27 heavy (non-hydrogen) atoms. The molecule has 1 amide bonds. The molecule has 146 valence electrons. The second kappa shape index (κ2) is 7.69. The van der Waals surface area contributed by atoms with Crippen molar-refractivity contribution in [3.8, 4) is 18.1 Å². The number of anilines is 1. The summed E-state index contributed by atoms with van der Waals surface area (Å²) in [5.41, 5.74) is -1.44. The highest BCUT2D eigenvalue weighted by molar-refractivity contribution is 6.32. The van der Waals surface area contributed by atoms with E-state index >= 15 is 0 Å². The topological polar surface area (TPSA) is 66.8 Å². The molecule has 2 rings (SSSR count). The van der Waals surface area contributed by atoms with Gasteiger partial charge in [0.1, 0.15) is 11.3 Å². The maximum absolute atomic E-state index is 12.7. The molecule has 0 heterocycles. The molecule has 0 saturated heterocycles. The predicted molar refractivity (Wildman–Crippen MR) is 92.8 cm³/mol. The molecule has 5 nitrogen and oxygen atoms in total. The number of nitrogens with zero attached hydrogens (tertiary/aromatic N) is 1. The van der Waals surface area contributed by atoms with E-state index < -0.39 is 29.7 Å². The van der Waals surface area contributed by atoms with Crippen LogP contribution in [-0.2, 0) is 9.59 Å². The lowest BCUT2D eigenvalue weighted by molar-refractivity contribution is -0.189. The van der Waals surface area contributed by atoms with Crippen LogP contribution in [0.5, 0.6) is 5.75 Å². The number of halogens is 4. The van der Waals surface area contributed by atoms with Gasteiger partial charge in [-0.05, 0) is 43.9 Å². The van der Waals surface area contributed by atoms with Crippen molar-refractivity contribution in [3.05, 3.63) is 23.2 Å². The van der Waals surface area contributed by atoms with Crippen LogP contribution < -0.4 is 9.64 Å². The summed E-state index contributed by atoms with van der Waals surface area (Å²) in [5, 5.41) is 9.53. The van der Waals surface area contributed by atoms with Gasteiger partial charge in [0.05, 0.1) is 5.02 Å². The van der Waals surface area contributed by atoms with Crippen molar-refractivity contribution in [1.82, 2.24) is 0 Å². The zero-order valence-corrected chi connectivity index (χ0v) is 15.1. The average Bonchev–Trinajstić information content (AvgIpc) is 3.07. The molecule has 0 unspecified atom stereocenters. The fraction of sp³-hybridized carbons (Fsp3) is 0.444. The van der Waals surface area contributed by atoms with Gasteiger partial charge in [-0.15, -0.1) is 6.42 Å². The average molecular weight is 404 g/mol. The molecule has 1 aromatic carbocycles. The monoisotopic (exact) mass is 403 g/mol. The summed E-state index contributed by atoms with van der Waals surface area (Å²) >= 11 is 6.02. The summed E-state index contributed by atoms with van der Waals surface area (Å²) in [4.78, 5) is 25.2. The van der Waals surface area contributed by atoms with E-state index in [4.69, 9.17) is 22.8 Å². The molecule has 1 aromatic rings. The van der Waals surface area contributed by atoms with Crippen LogP contribution in [0.2, 0.25) is 5.02 Å². The number of alkyl halides is 3. The summed E-state index contributed by atoms with van der Waals surface area (Å²) in [7, 11) is 0. The molecule has 0 aliphatic heterocycles. The van der Waals surface area contributed by atoms with Gasteiger partial charge in [0.2, 0.25) is 0 Å². The number of carbonyl (C=O) groups is 2. The molecular formula is C18H17ClF3NO4. The molecule has 1 fully saturated rings. The summed E-state index contributed by atoms with van der Waals surface area (Å²) in [6.45, 7) is 0.830. The third-order valence-electron chi connectivity index (χ3n) is 4.52.